The number of rotatable bonds is 5. The average molecular weight is 361 g/mol. The van der Waals surface area contributed by atoms with E-state index in [9.17, 15) is 9.59 Å². The second kappa shape index (κ2) is 6.59. The maximum Gasteiger partial charge on any atom is 0.340 e. The highest BCUT2D eigenvalue weighted by molar-refractivity contribution is 9.10. The predicted molar refractivity (Wildman–Crippen MR) is 79.8 cm³/mol. The molecule has 1 aliphatic carbocycles. The van der Waals surface area contributed by atoms with Crippen LogP contribution < -0.4 is 5.32 Å². The molecule has 1 aromatic rings. The molecule has 108 valence electrons. The van der Waals surface area contributed by atoms with Crippen molar-refractivity contribution < 1.29 is 14.3 Å². The van der Waals surface area contributed by atoms with Crippen molar-refractivity contribution in [1.29, 1.82) is 0 Å². The molecule has 1 N–H and O–H groups in total. The van der Waals surface area contributed by atoms with Crippen LogP contribution in [0.25, 0.3) is 0 Å². The van der Waals surface area contributed by atoms with Gasteiger partial charge in [-0.05, 0) is 43.9 Å². The van der Waals surface area contributed by atoms with Gasteiger partial charge in [0.1, 0.15) is 0 Å². The number of esters is 1. The van der Waals surface area contributed by atoms with Gasteiger partial charge in [-0.3, -0.25) is 4.79 Å². The number of carbonyl (C=O) groups excluding carboxylic acids is 2. The summed E-state index contributed by atoms with van der Waals surface area (Å²) >= 11 is 9.17. The summed E-state index contributed by atoms with van der Waals surface area (Å²) in [6.45, 7) is 1.67. The van der Waals surface area contributed by atoms with Gasteiger partial charge in [-0.2, -0.15) is 0 Å². The van der Waals surface area contributed by atoms with Crippen LogP contribution in [0.15, 0.2) is 22.7 Å². The van der Waals surface area contributed by atoms with E-state index >= 15 is 0 Å². The summed E-state index contributed by atoms with van der Waals surface area (Å²) in [5.74, 6) is -0.330. The fraction of sp³-hybridized carbons (Fsp3) is 0.429. The number of amides is 1. The topological polar surface area (TPSA) is 55.4 Å². The van der Waals surface area contributed by atoms with E-state index in [-0.39, 0.29) is 24.1 Å². The van der Waals surface area contributed by atoms with Gasteiger partial charge in [0.05, 0.1) is 10.6 Å². The van der Waals surface area contributed by atoms with Gasteiger partial charge in [0.25, 0.3) is 5.91 Å². The molecule has 1 amide bonds. The lowest BCUT2D eigenvalue weighted by Gasteiger charge is -2.13. The van der Waals surface area contributed by atoms with Gasteiger partial charge in [0.2, 0.25) is 0 Å². The third-order valence-electron chi connectivity index (χ3n) is 3.20. The Labute approximate surface area is 131 Å². The molecular weight excluding hydrogens is 346 g/mol. The Hall–Kier alpha value is -1.07. The zero-order valence-electron chi connectivity index (χ0n) is 11.0. The molecule has 4 nitrogen and oxygen atoms in total. The largest absolute Gasteiger partial charge is 0.452 e. The smallest absolute Gasteiger partial charge is 0.340 e. The van der Waals surface area contributed by atoms with Crippen molar-refractivity contribution in [1.82, 2.24) is 5.32 Å². The van der Waals surface area contributed by atoms with Crippen LogP contribution in [0.1, 0.15) is 30.1 Å². The lowest BCUT2D eigenvalue weighted by atomic mass is 10.2. The summed E-state index contributed by atoms with van der Waals surface area (Å²) in [6.07, 6.45) is 2.30. The standard InChI is InChI=1S/C14H15BrClNO3/c1-8(9-2-3-9)17-13(18)7-20-14(19)11-6-10(15)4-5-12(11)16/h4-6,8-9H,2-3,7H2,1H3,(H,17,18)/t8-/m0/s1. The van der Waals surface area contributed by atoms with Crippen molar-refractivity contribution in [2.45, 2.75) is 25.8 Å². The minimum atomic E-state index is -0.606. The van der Waals surface area contributed by atoms with Gasteiger partial charge in [-0.15, -0.1) is 0 Å². The lowest BCUT2D eigenvalue weighted by molar-refractivity contribution is -0.124. The highest BCUT2D eigenvalue weighted by atomic mass is 79.9. The summed E-state index contributed by atoms with van der Waals surface area (Å²) in [4.78, 5) is 23.5. The third kappa shape index (κ3) is 4.21. The van der Waals surface area contributed by atoms with E-state index in [2.05, 4.69) is 21.2 Å². The molecule has 1 aromatic carbocycles. The monoisotopic (exact) mass is 359 g/mol. The molecule has 0 aliphatic heterocycles. The van der Waals surface area contributed by atoms with Crippen LogP contribution in [0.3, 0.4) is 0 Å². The molecule has 0 saturated heterocycles. The number of nitrogens with one attached hydrogen (secondary N) is 1. The van der Waals surface area contributed by atoms with Crippen molar-refractivity contribution in [2.75, 3.05) is 6.61 Å². The second-order valence-electron chi connectivity index (χ2n) is 4.89. The minimum absolute atomic E-state index is 0.135. The molecule has 0 spiro atoms. The van der Waals surface area contributed by atoms with E-state index in [0.29, 0.717) is 10.9 Å². The summed E-state index contributed by atoms with van der Waals surface area (Å²) in [5, 5.41) is 3.11. The normalized spacial score (nSPS) is 15.6. The fourth-order valence-corrected chi connectivity index (χ4v) is 2.43. The van der Waals surface area contributed by atoms with E-state index in [4.69, 9.17) is 16.3 Å². The first kappa shape index (κ1) is 15.3. The van der Waals surface area contributed by atoms with Gasteiger partial charge >= 0.3 is 5.97 Å². The van der Waals surface area contributed by atoms with E-state index in [1.54, 1.807) is 18.2 Å². The highest BCUT2D eigenvalue weighted by Crippen LogP contribution is 2.32. The third-order valence-corrected chi connectivity index (χ3v) is 4.02. The van der Waals surface area contributed by atoms with Gasteiger partial charge in [0.15, 0.2) is 6.61 Å². The molecular formula is C14H15BrClNO3. The molecule has 0 heterocycles. The molecule has 1 atom stereocenters. The first-order valence-corrected chi connectivity index (χ1v) is 7.56. The number of halogens is 2. The van der Waals surface area contributed by atoms with Crippen LogP contribution in [0.2, 0.25) is 5.02 Å². The number of carbonyl (C=O) groups is 2. The molecule has 2 rings (SSSR count). The molecule has 1 fully saturated rings. The number of benzene rings is 1. The molecule has 1 saturated carbocycles. The van der Waals surface area contributed by atoms with E-state index in [0.717, 1.165) is 17.3 Å². The van der Waals surface area contributed by atoms with E-state index in [1.807, 2.05) is 6.92 Å². The van der Waals surface area contributed by atoms with Gasteiger partial charge in [-0.1, -0.05) is 27.5 Å². The zero-order chi connectivity index (χ0) is 14.7. The maximum atomic E-state index is 11.8. The SMILES string of the molecule is C[C@H](NC(=O)COC(=O)c1cc(Br)ccc1Cl)C1CC1. The van der Waals surface area contributed by atoms with Gasteiger partial charge in [-0.25, -0.2) is 4.79 Å². The van der Waals surface area contributed by atoms with Gasteiger partial charge < -0.3 is 10.1 Å². The molecule has 1 aliphatic rings. The van der Waals surface area contributed by atoms with Gasteiger partial charge in [0, 0.05) is 10.5 Å². The average Bonchev–Trinajstić information content (AvgIpc) is 3.23. The summed E-state index contributed by atoms with van der Waals surface area (Å²) in [5.41, 5.74) is 0.240. The van der Waals surface area contributed by atoms with E-state index < -0.39 is 5.97 Å². The Morgan fingerprint density at radius 3 is 2.85 bits per heavy atom. The van der Waals surface area contributed by atoms with Crippen molar-refractivity contribution in [3.05, 3.63) is 33.3 Å². The Bertz CT molecular complexity index is 531. The Balaban J connectivity index is 1.85. The number of ether oxygens (including phenoxy) is 1. The Kier molecular flexibility index (Phi) is 5.05. The maximum absolute atomic E-state index is 11.8. The van der Waals surface area contributed by atoms with Crippen molar-refractivity contribution >= 4 is 39.4 Å². The molecule has 20 heavy (non-hydrogen) atoms. The molecule has 0 bridgehead atoms. The molecule has 0 radical (unpaired) electrons. The van der Waals surface area contributed by atoms with Crippen molar-refractivity contribution in [3.63, 3.8) is 0 Å². The van der Waals surface area contributed by atoms with Crippen molar-refractivity contribution in [3.8, 4) is 0 Å². The Morgan fingerprint density at radius 2 is 2.20 bits per heavy atom. The second-order valence-corrected chi connectivity index (χ2v) is 6.22. The molecule has 0 unspecified atom stereocenters. The predicted octanol–water partition coefficient (Wildman–Crippen LogP) is 3.17. The van der Waals surface area contributed by atoms with Crippen LogP contribution in [0.5, 0.6) is 0 Å². The van der Waals surface area contributed by atoms with Crippen LogP contribution in [-0.4, -0.2) is 24.5 Å². The minimum Gasteiger partial charge on any atom is -0.452 e. The zero-order valence-corrected chi connectivity index (χ0v) is 13.3. The number of hydrogen-bond donors (Lipinski definition) is 1. The first-order chi connectivity index (χ1) is 9.47. The summed E-state index contributed by atoms with van der Waals surface area (Å²) in [7, 11) is 0. The first-order valence-electron chi connectivity index (χ1n) is 6.39. The van der Waals surface area contributed by atoms with Crippen LogP contribution >= 0.6 is 27.5 Å². The van der Waals surface area contributed by atoms with Crippen LogP contribution in [0, 0.1) is 5.92 Å². The Morgan fingerprint density at radius 1 is 1.50 bits per heavy atom. The fourth-order valence-electron chi connectivity index (χ4n) is 1.87. The molecule has 0 aromatic heterocycles. The van der Waals surface area contributed by atoms with E-state index in [1.165, 1.54) is 0 Å². The van der Waals surface area contributed by atoms with Crippen LogP contribution in [0.4, 0.5) is 0 Å². The number of hydrogen-bond acceptors (Lipinski definition) is 3. The van der Waals surface area contributed by atoms with Crippen LogP contribution in [-0.2, 0) is 9.53 Å². The highest BCUT2D eigenvalue weighted by Gasteiger charge is 2.29. The lowest BCUT2D eigenvalue weighted by Crippen LogP contribution is -2.37. The summed E-state index contributed by atoms with van der Waals surface area (Å²) < 4.78 is 5.69. The molecule has 6 heteroatoms. The quantitative estimate of drug-likeness (QED) is 0.821. The summed E-state index contributed by atoms with van der Waals surface area (Å²) in [6, 6.07) is 5.02. The van der Waals surface area contributed by atoms with Crippen molar-refractivity contribution in [2.24, 2.45) is 5.92 Å².